The van der Waals surface area contributed by atoms with Crippen LogP contribution in [0.2, 0.25) is 0 Å². The highest BCUT2D eigenvalue weighted by Gasteiger charge is 2.08. The molecule has 0 amide bonds. The Morgan fingerprint density at radius 1 is 1.45 bits per heavy atom. The fourth-order valence-corrected chi connectivity index (χ4v) is 3.07. The summed E-state index contributed by atoms with van der Waals surface area (Å²) in [5.74, 6) is 1.10. The van der Waals surface area contributed by atoms with E-state index in [0.717, 1.165) is 26.0 Å². The molecule has 0 radical (unpaired) electrons. The second-order valence-electron chi connectivity index (χ2n) is 4.07. The fraction of sp³-hybridized carbons (Fsp3) is 0.231. The zero-order valence-electron chi connectivity index (χ0n) is 11.1. The van der Waals surface area contributed by atoms with Gasteiger partial charge in [-0.05, 0) is 41.9 Å². The number of nitrogens with zero attached hydrogens (tertiary/aromatic N) is 3. The van der Waals surface area contributed by atoms with Crippen LogP contribution in [0.25, 0.3) is 0 Å². The highest BCUT2D eigenvalue weighted by atomic mass is 79.9. The van der Waals surface area contributed by atoms with Crippen LogP contribution >= 0.6 is 31.9 Å². The molecule has 0 aliphatic heterocycles. The highest BCUT2D eigenvalue weighted by Crippen LogP contribution is 2.32. The van der Waals surface area contributed by atoms with E-state index in [2.05, 4.69) is 41.9 Å². The lowest BCUT2D eigenvalue weighted by Gasteiger charge is -2.10. The molecule has 0 atom stereocenters. The monoisotopic (exact) mass is 400 g/mol. The predicted molar refractivity (Wildman–Crippen MR) is 87.4 cm³/mol. The zero-order valence-corrected chi connectivity index (χ0v) is 14.3. The molecule has 0 bridgehead atoms. The van der Waals surface area contributed by atoms with Gasteiger partial charge in [-0.3, -0.25) is 0 Å². The summed E-state index contributed by atoms with van der Waals surface area (Å²) in [6.45, 7) is 4.38. The van der Waals surface area contributed by atoms with Crippen molar-refractivity contribution in [3.63, 3.8) is 0 Å². The van der Waals surface area contributed by atoms with Crippen molar-refractivity contribution >= 4 is 44.0 Å². The SMILES string of the molecule is CCOc1c(Br)cc(Br)cc1C=Nn1cc(C)nc1N. The van der Waals surface area contributed by atoms with Gasteiger partial charge in [-0.1, -0.05) is 15.9 Å². The minimum absolute atomic E-state index is 0.353. The average molecular weight is 402 g/mol. The van der Waals surface area contributed by atoms with E-state index in [4.69, 9.17) is 10.5 Å². The number of halogens is 2. The number of hydrogen-bond acceptors (Lipinski definition) is 4. The first kappa shape index (κ1) is 15.1. The van der Waals surface area contributed by atoms with Crippen LogP contribution in [0.3, 0.4) is 0 Å². The lowest BCUT2D eigenvalue weighted by atomic mass is 10.2. The Kier molecular flexibility index (Phi) is 4.82. The number of nitrogen functional groups attached to an aromatic ring is 1. The molecule has 1 aromatic heterocycles. The molecular formula is C13H14Br2N4O. The molecule has 0 saturated carbocycles. The van der Waals surface area contributed by atoms with E-state index >= 15 is 0 Å². The molecule has 2 N–H and O–H groups in total. The van der Waals surface area contributed by atoms with E-state index in [1.807, 2.05) is 26.0 Å². The average Bonchev–Trinajstić information content (AvgIpc) is 2.69. The van der Waals surface area contributed by atoms with Crippen LogP contribution in [0.4, 0.5) is 5.95 Å². The van der Waals surface area contributed by atoms with Gasteiger partial charge in [0.05, 0.1) is 29.2 Å². The topological polar surface area (TPSA) is 65.4 Å². The van der Waals surface area contributed by atoms with Crippen LogP contribution in [-0.2, 0) is 0 Å². The third kappa shape index (κ3) is 3.40. The van der Waals surface area contributed by atoms with Crippen molar-refractivity contribution < 1.29 is 4.74 Å². The maximum atomic E-state index is 5.75. The van der Waals surface area contributed by atoms with Crippen LogP contribution in [0.5, 0.6) is 5.75 Å². The molecule has 1 aromatic carbocycles. The maximum absolute atomic E-state index is 5.75. The van der Waals surface area contributed by atoms with Crippen molar-refractivity contribution in [3.8, 4) is 5.75 Å². The summed E-state index contributed by atoms with van der Waals surface area (Å²) in [5.41, 5.74) is 7.42. The van der Waals surface area contributed by atoms with Gasteiger partial charge in [-0.2, -0.15) is 5.10 Å². The summed E-state index contributed by atoms with van der Waals surface area (Å²) in [5, 5.41) is 4.30. The minimum atomic E-state index is 0.353. The number of nitrogens with two attached hydrogens (primary N) is 1. The third-order valence-electron chi connectivity index (χ3n) is 2.48. The Morgan fingerprint density at radius 2 is 2.20 bits per heavy atom. The van der Waals surface area contributed by atoms with Crippen molar-refractivity contribution in [3.05, 3.63) is 38.5 Å². The van der Waals surface area contributed by atoms with Crippen molar-refractivity contribution in [2.24, 2.45) is 5.10 Å². The first-order valence-electron chi connectivity index (χ1n) is 5.99. The second-order valence-corrected chi connectivity index (χ2v) is 5.84. The molecule has 0 aliphatic carbocycles. The normalized spacial score (nSPS) is 11.2. The van der Waals surface area contributed by atoms with E-state index in [1.54, 1.807) is 12.4 Å². The van der Waals surface area contributed by atoms with Crippen LogP contribution in [0.1, 0.15) is 18.2 Å². The summed E-state index contributed by atoms with van der Waals surface area (Å²) in [4.78, 5) is 4.09. The number of imidazole rings is 1. The summed E-state index contributed by atoms with van der Waals surface area (Å²) in [6.07, 6.45) is 3.46. The molecule has 2 aromatic rings. The van der Waals surface area contributed by atoms with Gasteiger partial charge in [0.15, 0.2) is 0 Å². The molecule has 5 nitrogen and oxygen atoms in total. The van der Waals surface area contributed by atoms with Gasteiger partial charge in [0.25, 0.3) is 0 Å². The van der Waals surface area contributed by atoms with Gasteiger partial charge in [0.1, 0.15) is 5.75 Å². The van der Waals surface area contributed by atoms with Gasteiger partial charge >= 0.3 is 0 Å². The summed E-state index contributed by atoms with van der Waals surface area (Å²) < 4.78 is 8.96. The quantitative estimate of drug-likeness (QED) is 0.796. The summed E-state index contributed by atoms with van der Waals surface area (Å²) in [7, 11) is 0. The fourth-order valence-electron chi connectivity index (χ4n) is 1.69. The first-order chi connectivity index (χ1) is 9.51. The Bertz CT molecular complexity index is 652. The molecule has 106 valence electrons. The van der Waals surface area contributed by atoms with Crippen molar-refractivity contribution in [1.29, 1.82) is 0 Å². The minimum Gasteiger partial charge on any atom is -0.492 e. The molecule has 0 aliphatic rings. The zero-order chi connectivity index (χ0) is 14.7. The third-order valence-corrected chi connectivity index (χ3v) is 3.53. The lowest BCUT2D eigenvalue weighted by molar-refractivity contribution is 0.337. The van der Waals surface area contributed by atoms with E-state index in [0.29, 0.717) is 12.6 Å². The standard InChI is InChI=1S/C13H14Br2N4O/c1-3-20-12-9(4-10(14)5-11(12)15)6-17-19-7-8(2)18-13(19)16/h4-7H,3H2,1-2H3,(H2,16,18). The Balaban J connectivity index is 2.39. The Labute approximate surface area is 134 Å². The van der Waals surface area contributed by atoms with Gasteiger partial charge in [-0.25, -0.2) is 9.66 Å². The molecule has 0 unspecified atom stereocenters. The van der Waals surface area contributed by atoms with Crippen LogP contribution < -0.4 is 10.5 Å². The molecule has 0 saturated heterocycles. The number of hydrogen-bond donors (Lipinski definition) is 1. The molecular weight excluding hydrogens is 388 g/mol. The number of aryl methyl sites for hydroxylation is 1. The van der Waals surface area contributed by atoms with Crippen molar-refractivity contribution in [1.82, 2.24) is 9.66 Å². The number of ether oxygens (including phenoxy) is 1. The summed E-state index contributed by atoms with van der Waals surface area (Å²) in [6, 6.07) is 3.86. The van der Waals surface area contributed by atoms with Crippen LogP contribution in [0.15, 0.2) is 32.4 Å². The molecule has 1 heterocycles. The highest BCUT2D eigenvalue weighted by molar-refractivity contribution is 9.11. The van der Waals surface area contributed by atoms with Gasteiger partial charge < -0.3 is 10.5 Å². The largest absolute Gasteiger partial charge is 0.492 e. The van der Waals surface area contributed by atoms with Gasteiger partial charge in [0, 0.05) is 10.0 Å². The number of aromatic nitrogens is 2. The number of rotatable bonds is 4. The number of anilines is 1. The Hall–Kier alpha value is -1.34. The number of benzene rings is 1. The van der Waals surface area contributed by atoms with Crippen LogP contribution in [0, 0.1) is 6.92 Å². The van der Waals surface area contributed by atoms with E-state index in [9.17, 15) is 0 Å². The first-order valence-corrected chi connectivity index (χ1v) is 7.57. The maximum Gasteiger partial charge on any atom is 0.221 e. The van der Waals surface area contributed by atoms with Crippen molar-refractivity contribution in [2.75, 3.05) is 12.3 Å². The molecule has 0 spiro atoms. The summed E-state index contributed by atoms with van der Waals surface area (Å²) >= 11 is 6.94. The van der Waals surface area contributed by atoms with Crippen molar-refractivity contribution in [2.45, 2.75) is 13.8 Å². The Morgan fingerprint density at radius 3 is 2.80 bits per heavy atom. The smallest absolute Gasteiger partial charge is 0.221 e. The van der Waals surface area contributed by atoms with Crippen LogP contribution in [-0.4, -0.2) is 22.5 Å². The van der Waals surface area contributed by atoms with Gasteiger partial charge in [0.2, 0.25) is 5.95 Å². The van der Waals surface area contributed by atoms with E-state index < -0.39 is 0 Å². The lowest BCUT2D eigenvalue weighted by Crippen LogP contribution is -2.00. The molecule has 0 fully saturated rings. The van der Waals surface area contributed by atoms with Gasteiger partial charge in [-0.15, -0.1) is 0 Å². The molecule has 2 rings (SSSR count). The molecule has 7 heteroatoms. The second kappa shape index (κ2) is 6.41. The molecule has 20 heavy (non-hydrogen) atoms. The predicted octanol–water partition coefficient (Wildman–Crippen LogP) is 3.58. The van der Waals surface area contributed by atoms with E-state index in [1.165, 1.54) is 4.68 Å². The van der Waals surface area contributed by atoms with E-state index in [-0.39, 0.29) is 0 Å².